The summed E-state index contributed by atoms with van der Waals surface area (Å²) in [4.78, 5) is 0. The first-order chi connectivity index (χ1) is 8.31. The molecule has 88 valence electrons. The number of benzene rings is 1. The molecule has 0 radical (unpaired) electrons. The maximum Gasteiger partial charge on any atom is 0.231 e. The number of anilines is 1. The van der Waals surface area contributed by atoms with E-state index in [4.69, 9.17) is 19.9 Å². The highest BCUT2D eigenvalue weighted by atomic mass is 16.7. The molecule has 17 heavy (non-hydrogen) atoms. The molecule has 1 aromatic carbocycles. The SMILES string of the molecule is COc1c(-c2cn[nH]c2N)ccc2c1OCO2. The first-order valence-corrected chi connectivity index (χ1v) is 5.07. The zero-order chi connectivity index (χ0) is 11.8. The minimum Gasteiger partial charge on any atom is -0.492 e. The van der Waals surface area contributed by atoms with Crippen molar-refractivity contribution < 1.29 is 14.2 Å². The average Bonchev–Trinajstić information content (AvgIpc) is 2.95. The largest absolute Gasteiger partial charge is 0.492 e. The molecule has 3 rings (SSSR count). The van der Waals surface area contributed by atoms with Crippen LogP contribution < -0.4 is 19.9 Å². The van der Waals surface area contributed by atoms with Crippen LogP contribution in [0.1, 0.15) is 0 Å². The lowest BCUT2D eigenvalue weighted by atomic mass is 10.1. The van der Waals surface area contributed by atoms with Gasteiger partial charge in [0.05, 0.1) is 13.3 Å². The predicted octanol–water partition coefficient (Wildman–Crippen LogP) is 1.40. The Hall–Kier alpha value is -2.37. The molecule has 2 aromatic rings. The van der Waals surface area contributed by atoms with Crippen LogP contribution in [0.3, 0.4) is 0 Å². The molecule has 1 aliphatic heterocycles. The van der Waals surface area contributed by atoms with Crippen LogP contribution in [0.2, 0.25) is 0 Å². The Morgan fingerprint density at radius 1 is 1.35 bits per heavy atom. The molecule has 0 saturated carbocycles. The van der Waals surface area contributed by atoms with Crippen molar-refractivity contribution in [1.82, 2.24) is 10.2 Å². The van der Waals surface area contributed by atoms with Gasteiger partial charge in [0.25, 0.3) is 0 Å². The zero-order valence-electron chi connectivity index (χ0n) is 9.19. The van der Waals surface area contributed by atoms with E-state index in [0.29, 0.717) is 23.1 Å². The monoisotopic (exact) mass is 233 g/mol. The van der Waals surface area contributed by atoms with Gasteiger partial charge < -0.3 is 19.9 Å². The van der Waals surface area contributed by atoms with Gasteiger partial charge in [-0.3, -0.25) is 5.10 Å². The van der Waals surface area contributed by atoms with Crippen LogP contribution in [0.4, 0.5) is 5.82 Å². The van der Waals surface area contributed by atoms with Crippen LogP contribution in [0.25, 0.3) is 11.1 Å². The number of aromatic nitrogens is 2. The van der Waals surface area contributed by atoms with Gasteiger partial charge in [0, 0.05) is 11.1 Å². The van der Waals surface area contributed by atoms with Gasteiger partial charge in [0.15, 0.2) is 11.5 Å². The number of hydrogen-bond donors (Lipinski definition) is 2. The molecule has 0 saturated heterocycles. The number of nitrogens with zero attached hydrogens (tertiary/aromatic N) is 1. The fourth-order valence-electron chi connectivity index (χ4n) is 1.87. The third-order valence-electron chi connectivity index (χ3n) is 2.66. The summed E-state index contributed by atoms with van der Waals surface area (Å²) in [6.45, 7) is 0.204. The molecule has 1 aliphatic rings. The molecule has 3 N–H and O–H groups in total. The molecule has 0 bridgehead atoms. The normalized spacial score (nSPS) is 12.8. The van der Waals surface area contributed by atoms with Crippen molar-refractivity contribution in [2.75, 3.05) is 19.6 Å². The van der Waals surface area contributed by atoms with Gasteiger partial charge in [-0.2, -0.15) is 5.10 Å². The van der Waals surface area contributed by atoms with Gasteiger partial charge >= 0.3 is 0 Å². The first-order valence-electron chi connectivity index (χ1n) is 5.07. The summed E-state index contributed by atoms with van der Waals surface area (Å²) >= 11 is 0. The molecule has 6 nitrogen and oxygen atoms in total. The summed E-state index contributed by atoms with van der Waals surface area (Å²) in [7, 11) is 1.58. The van der Waals surface area contributed by atoms with Gasteiger partial charge in [-0.15, -0.1) is 0 Å². The van der Waals surface area contributed by atoms with Gasteiger partial charge in [-0.05, 0) is 12.1 Å². The lowest BCUT2D eigenvalue weighted by Gasteiger charge is -2.10. The second-order valence-corrected chi connectivity index (χ2v) is 3.58. The van der Waals surface area contributed by atoms with Crippen LogP contribution in [-0.4, -0.2) is 24.1 Å². The number of H-pyrrole nitrogens is 1. The Morgan fingerprint density at radius 2 is 2.24 bits per heavy atom. The highest BCUT2D eigenvalue weighted by molar-refractivity contribution is 5.81. The van der Waals surface area contributed by atoms with E-state index >= 15 is 0 Å². The van der Waals surface area contributed by atoms with Crippen LogP contribution in [0.15, 0.2) is 18.3 Å². The fourth-order valence-corrected chi connectivity index (χ4v) is 1.87. The summed E-state index contributed by atoms with van der Waals surface area (Å²) in [5.41, 5.74) is 7.40. The van der Waals surface area contributed by atoms with Crippen LogP contribution in [-0.2, 0) is 0 Å². The maximum atomic E-state index is 5.80. The van der Waals surface area contributed by atoms with Crippen molar-refractivity contribution >= 4 is 5.82 Å². The summed E-state index contributed by atoms with van der Waals surface area (Å²) in [6.07, 6.45) is 1.65. The van der Waals surface area contributed by atoms with Crippen molar-refractivity contribution in [3.8, 4) is 28.4 Å². The van der Waals surface area contributed by atoms with E-state index in [0.717, 1.165) is 11.1 Å². The van der Waals surface area contributed by atoms with Crippen molar-refractivity contribution in [3.63, 3.8) is 0 Å². The number of rotatable bonds is 2. The molecule has 0 spiro atoms. The van der Waals surface area contributed by atoms with E-state index < -0.39 is 0 Å². The number of methoxy groups -OCH3 is 1. The van der Waals surface area contributed by atoms with Gasteiger partial charge in [0.2, 0.25) is 12.5 Å². The molecule has 2 heterocycles. The minimum atomic E-state index is 0.204. The second-order valence-electron chi connectivity index (χ2n) is 3.58. The number of fused-ring (bicyclic) bond motifs is 1. The zero-order valence-corrected chi connectivity index (χ0v) is 9.19. The van der Waals surface area contributed by atoms with Crippen molar-refractivity contribution in [3.05, 3.63) is 18.3 Å². The third-order valence-corrected chi connectivity index (χ3v) is 2.66. The highest BCUT2D eigenvalue weighted by Gasteiger charge is 2.23. The van der Waals surface area contributed by atoms with Crippen LogP contribution in [0.5, 0.6) is 17.2 Å². The molecule has 0 aliphatic carbocycles. The molecular formula is C11H11N3O3. The fraction of sp³-hybridized carbons (Fsp3) is 0.182. The Balaban J connectivity index is 2.21. The van der Waals surface area contributed by atoms with Crippen molar-refractivity contribution in [1.29, 1.82) is 0 Å². The van der Waals surface area contributed by atoms with E-state index in [9.17, 15) is 0 Å². The second kappa shape index (κ2) is 3.58. The van der Waals surface area contributed by atoms with E-state index in [1.165, 1.54) is 0 Å². The van der Waals surface area contributed by atoms with Crippen LogP contribution in [0, 0.1) is 0 Å². The maximum absolute atomic E-state index is 5.80. The molecular weight excluding hydrogens is 222 g/mol. The average molecular weight is 233 g/mol. The van der Waals surface area contributed by atoms with E-state index in [1.54, 1.807) is 13.3 Å². The van der Waals surface area contributed by atoms with E-state index in [1.807, 2.05) is 12.1 Å². The smallest absolute Gasteiger partial charge is 0.231 e. The van der Waals surface area contributed by atoms with Gasteiger partial charge in [-0.25, -0.2) is 0 Å². The predicted molar refractivity (Wildman–Crippen MR) is 61.1 cm³/mol. The molecule has 1 aromatic heterocycles. The summed E-state index contributed by atoms with van der Waals surface area (Å²) in [6, 6.07) is 3.69. The third kappa shape index (κ3) is 1.37. The standard InChI is InChI=1S/C11H11N3O3/c1-15-9-6(7-4-13-14-11(7)12)2-3-8-10(9)17-5-16-8/h2-4H,5H2,1H3,(H3,12,13,14). The number of ether oxygens (including phenoxy) is 3. The Labute approximate surface area is 97.3 Å². The number of nitrogens with two attached hydrogens (primary N) is 1. The molecule has 0 fully saturated rings. The topological polar surface area (TPSA) is 82.4 Å². The number of aromatic amines is 1. The molecule has 6 heteroatoms. The van der Waals surface area contributed by atoms with Gasteiger partial charge in [-0.1, -0.05) is 0 Å². The first kappa shape index (κ1) is 9.83. The Kier molecular flexibility index (Phi) is 2.07. The molecule has 0 amide bonds. The number of nitrogens with one attached hydrogen (secondary N) is 1. The highest BCUT2D eigenvalue weighted by Crippen LogP contribution is 2.47. The summed E-state index contributed by atoms with van der Waals surface area (Å²) in [5.74, 6) is 2.37. The van der Waals surface area contributed by atoms with Crippen LogP contribution >= 0.6 is 0 Å². The molecule has 0 atom stereocenters. The lowest BCUT2D eigenvalue weighted by Crippen LogP contribution is -1.95. The van der Waals surface area contributed by atoms with Crippen molar-refractivity contribution in [2.24, 2.45) is 0 Å². The molecule has 0 unspecified atom stereocenters. The summed E-state index contributed by atoms with van der Waals surface area (Å²) < 4.78 is 16.0. The number of nitrogen functional groups attached to an aromatic ring is 1. The Morgan fingerprint density at radius 3 is 2.94 bits per heavy atom. The van der Waals surface area contributed by atoms with E-state index in [-0.39, 0.29) is 6.79 Å². The van der Waals surface area contributed by atoms with E-state index in [2.05, 4.69) is 10.2 Å². The lowest BCUT2D eigenvalue weighted by molar-refractivity contribution is 0.171. The number of hydrogen-bond acceptors (Lipinski definition) is 5. The quantitative estimate of drug-likeness (QED) is 0.819. The van der Waals surface area contributed by atoms with Crippen molar-refractivity contribution in [2.45, 2.75) is 0 Å². The van der Waals surface area contributed by atoms with Gasteiger partial charge in [0.1, 0.15) is 5.82 Å². The minimum absolute atomic E-state index is 0.204. The Bertz CT molecular complexity index is 565. The summed E-state index contributed by atoms with van der Waals surface area (Å²) in [5, 5.41) is 6.58.